The molecule has 19 heavy (non-hydrogen) atoms. The molecule has 5 nitrogen and oxygen atoms in total. The van der Waals surface area contributed by atoms with Crippen molar-refractivity contribution < 1.29 is 4.79 Å². The molecule has 0 fully saturated rings. The second-order valence-electron chi connectivity index (χ2n) is 3.77. The number of halogens is 1. The zero-order valence-corrected chi connectivity index (χ0v) is 15.1. The lowest BCUT2D eigenvalue weighted by Gasteiger charge is -2.12. The molecule has 112 valence electrons. The summed E-state index contributed by atoms with van der Waals surface area (Å²) in [5.41, 5.74) is 0. The van der Waals surface area contributed by atoms with Crippen LogP contribution in [0.25, 0.3) is 0 Å². The Hall–Kier alpha value is -0.440. The molecule has 0 bridgehead atoms. The largest absolute Gasteiger partial charge is 0.357 e. The van der Waals surface area contributed by atoms with Gasteiger partial charge in [0.15, 0.2) is 5.96 Å². The Labute approximate surface area is 137 Å². The number of nitrogens with one attached hydrogen (secondary N) is 2. The van der Waals surface area contributed by atoms with Crippen LogP contribution in [-0.4, -0.2) is 62.0 Å². The molecular formula is C12H25IN4OS. The van der Waals surface area contributed by atoms with E-state index in [0.717, 1.165) is 24.6 Å². The van der Waals surface area contributed by atoms with E-state index in [1.54, 1.807) is 25.9 Å². The monoisotopic (exact) mass is 400 g/mol. The van der Waals surface area contributed by atoms with Gasteiger partial charge in [0.05, 0.1) is 0 Å². The second-order valence-corrected chi connectivity index (χ2v) is 4.92. The number of amides is 1. The average molecular weight is 400 g/mol. The van der Waals surface area contributed by atoms with Gasteiger partial charge in [-0.3, -0.25) is 4.79 Å². The zero-order valence-electron chi connectivity index (χ0n) is 11.9. The third-order valence-corrected chi connectivity index (χ3v) is 2.95. The van der Waals surface area contributed by atoms with Crippen molar-refractivity contribution in [3.63, 3.8) is 0 Å². The van der Waals surface area contributed by atoms with Crippen molar-refractivity contribution in [1.29, 1.82) is 0 Å². The Bertz CT molecular complexity index is 285. The van der Waals surface area contributed by atoms with Gasteiger partial charge < -0.3 is 15.5 Å². The number of thioether (sulfide) groups is 1. The van der Waals surface area contributed by atoms with Crippen LogP contribution >= 0.6 is 35.7 Å². The maximum atomic E-state index is 11.4. The van der Waals surface area contributed by atoms with E-state index in [9.17, 15) is 4.79 Å². The molecule has 2 N–H and O–H groups in total. The van der Waals surface area contributed by atoms with Gasteiger partial charge in [0, 0.05) is 38.7 Å². The molecule has 0 atom stereocenters. The number of carbonyl (C=O) groups excluding carboxylic acids is 1. The molecule has 0 saturated heterocycles. The fourth-order valence-corrected chi connectivity index (χ4v) is 1.62. The van der Waals surface area contributed by atoms with Crippen molar-refractivity contribution in [2.75, 3.05) is 45.2 Å². The third kappa shape index (κ3) is 12.3. The van der Waals surface area contributed by atoms with Crippen LogP contribution in [0.2, 0.25) is 0 Å². The summed E-state index contributed by atoms with van der Waals surface area (Å²) in [6.45, 7) is 7.43. The van der Waals surface area contributed by atoms with Crippen LogP contribution in [0.1, 0.15) is 6.92 Å². The van der Waals surface area contributed by atoms with Gasteiger partial charge in [0.1, 0.15) is 6.54 Å². The number of aliphatic imine (C=N–C) groups is 1. The minimum atomic E-state index is -0.00626. The first-order valence-electron chi connectivity index (χ1n) is 6.02. The van der Waals surface area contributed by atoms with Gasteiger partial charge in [0.25, 0.3) is 0 Å². The van der Waals surface area contributed by atoms with E-state index < -0.39 is 0 Å². The third-order valence-electron chi connectivity index (χ3n) is 1.99. The van der Waals surface area contributed by atoms with Gasteiger partial charge in [-0.25, -0.2) is 4.99 Å². The lowest BCUT2D eigenvalue weighted by atomic mass is 10.5. The van der Waals surface area contributed by atoms with Crippen molar-refractivity contribution in [1.82, 2.24) is 15.5 Å². The van der Waals surface area contributed by atoms with E-state index in [2.05, 4.69) is 22.2 Å². The van der Waals surface area contributed by atoms with Gasteiger partial charge in [-0.05, 0) is 6.92 Å². The predicted molar refractivity (Wildman–Crippen MR) is 95.6 cm³/mol. The number of nitrogens with zero attached hydrogens (tertiary/aromatic N) is 2. The first-order chi connectivity index (χ1) is 8.61. The minimum absolute atomic E-state index is 0. The van der Waals surface area contributed by atoms with E-state index in [1.807, 2.05) is 13.0 Å². The molecule has 0 aliphatic carbocycles. The van der Waals surface area contributed by atoms with Crippen LogP contribution in [-0.2, 0) is 4.79 Å². The lowest BCUT2D eigenvalue weighted by Crippen LogP contribution is -2.39. The minimum Gasteiger partial charge on any atom is -0.357 e. The van der Waals surface area contributed by atoms with E-state index in [4.69, 9.17) is 0 Å². The molecule has 0 aliphatic rings. The zero-order chi connectivity index (χ0) is 13.8. The van der Waals surface area contributed by atoms with E-state index in [1.165, 1.54) is 4.90 Å². The summed E-state index contributed by atoms with van der Waals surface area (Å²) in [5, 5.41) is 6.29. The first-order valence-corrected chi connectivity index (χ1v) is 7.18. The van der Waals surface area contributed by atoms with Crippen molar-refractivity contribution in [2.45, 2.75) is 6.92 Å². The van der Waals surface area contributed by atoms with E-state index in [0.29, 0.717) is 5.96 Å². The Kier molecular flexibility index (Phi) is 15.4. The molecular weight excluding hydrogens is 375 g/mol. The molecule has 1 amide bonds. The standard InChI is InChI=1S/C12H24N4OS.HI/c1-5-8-18-9-7-14-12(13-6-2)15-10-11(17)16(3)4;/h5H,1,6-10H2,2-4H3,(H2,13,14,15);1H. The summed E-state index contributed by atoms with van der Waals surface area (Å²) >= 11 is 1.80. The highest BCUT2D eigenvalue weighted by Gasteiger charge is 2.03. The average Bonchev–Trinajstić information content (AvgIpc) is 2.34. The first kappa shape index (κ1) is 20.9. The molecule has 0 heterocycles. The van der Waals surface area contributed by atoms with Gasteiger partial charge in [-0.15, -0.1) is 30.6 Å². The Balaban J connectivity index is 0. The quantitative estimate of drug-likeness (QED) is 0.211. The Morgan fingerprint density at radius 3 is 2.63 bits per heavy atom. The van der Waals surface area contributed by atoms with Crippen LogP contribution in [0.15, 0.2) is 17.6 Å². The molecule has 0 spiro atoms. The highest BCUT2D eigenvalue weighted by atomic mass is 127. The number of hydrogen-bond donors (Lipinski definition) is 2. The summed E-state index contributed by atoms with van der Waals surface area (Å²) in [6.07, 6.45) is 1.89. The topological polar surface area (TPSA) is 56.7 Å². The summed E-state index contributed by atoms with van der Waals surface area (Å²) in [4.78, 5) is 17.2. The molecule has 0 rings (SSSR count). The number of guanidine groups is 1. The fraction of sp³-hybridized carbons (Fsp3) is 0.667. The van der Waals surface area contributed by atoms with E-state index in [-0.39, 0.29) is 36.4 Å². The number of rotatable bonds is 8. The van der Waals surface area contributed by atoms with Gasteiger partial charge in [-0.2, -0.15) is 11.8 Å². The van der Waals surface area contributed by atoms with Crippen molar-refractivity contribution in [3.8, 4) is 0 Å². The molecule has 0 radical (unpaired) electrons. The number of hydrogen-bond acceptors (Lipinski definition) is 3. The molecule has 0 unspecified atom stereocenters. The summed E-state index contributed by atoms with van der Waals surface area (Å²) in [7, 11) is 3.45. The van der Waals surface area contributed by atoms with Crippen LogP contribution in [0.5, 0.6) is 0 Å². The molecule has 0 aliphatic heterocycles. The van der Waals surface area contributed by atoms with Crippen LogP contribution in [0.3, 0.4) is 0 Å². The maximum Gasteiger partial charge on any atom is 0.243 e. The normalized spacial score (nSPS) is 10.4. The van der Waals surface area contributed by atoms with Crippen molar-refractivity contribution in [2.24, 2.45) is 4.99 Å². The van der Waals surface area contributed by atoms with Crippen LogP contribution in [0.4, 0.5) is 0 Å². The molecule has 0 aromatic rings. The Morgan fingerprint density at radius 1 is 1.42 bits per heavy atom. The van der Waals surface area contributed by atoms with Crippen molar-refractivity contribution >= 4 is 47.6 Å². The maximum absolute atomic E-state index is 11.4. The lowest BCUT2D eigenvalue weighted by molar-refractivity contribution is -0.127. The smallest absolute Gasteiger partial charge is 0.243 e. The number of likely N-dealkylation sites (N-methyl/N-ethyl adjacent to an activating group) is 1. The molecule has 0 aromatic heterocycles. The van der Waals surface area contributed by atoms with Gasteiger partial charge in [0.2, 0.25) is 5.91 Å². The molecule has 0 aromatic carbocycles. The summed E-state index contributed by atoms with van der Waals surface area (Å²) in [6, 6.07) is 0. The molecule has 7 heteroatoms. The predicted octanol–water partition coefficient (Wildman–Crippen LogP) is 1.17. The molecule has 0 saturated carbocycles. The highest BCUT2D eigenvalue weighted by molar-refractivity contribution is 14.0. The summed E-state index contributed by atoms with van der Waals surface area (Å²) < 4.78 is 0. The summed E-state index contributed by atoms with van der Waals surface area (Å²) in [5.74, 6) is 2.62. The Morgan fingerprint density at radius 2 is 2.11 bits per heavy atom. The van der Waals surface area contributed by atoms with Gasteiger partial charge >= 0.3 is 0 Å². The second kappa shape index (κ2) is 14.0. The fourth-order valence-electron chi connectivity index (χ4n) is 1.04. The SMILES string of the molecule is C=CCSCCNC(=NCC(=O)N(C)C)NCC.I. The van der Waals surface area contributed by atoms with Gasteiger partial charge in [-0.1, -0.05) is 6.08 Å². The highest BCUT2D eigenvalue weighted by Crippen LogP contribution is 1.96. The number of carbonyl (C=O) groups is 1. The van der Waals surface area contributed by atoms with Crippen LogP contribution in [0, 0.1) is 0 Å². The van der Waals surface area contributed by atoms with Crippen molar-refractivity contribution in [3.05, 3.63) is 12.7 Å². The van der Waals surface area contributed by atoms with E-state index >= 15 is 0 Å². The van der Waals surface area contributed by atoms with Crippen LogP contribution < -0.4 is 10.6 Å².